The molecule has 1 heterocycles. The first-order chi connectivity index (χ1) is 16.9. The van der Waals surface area contributed by atoms with E-state index in [0.29, 0.717) is 34.1 Å². The number of aliphatic hydroxyl groups is 1. The quantitative estimate of drug-likeness (QED) is 0.579. The Morgan fingerprint density at radius 2 is 1.80 bits per heavy atom. The van der Waals surface area contributed by atoms with Gasteiger partial charge in [0.2, 0.25) is 0 Å². The van der Waals surface area contributed by atoms with Gasteiger partial charge in [0.1, 0.15) is 5.03 Å². The molecule has 35 heavy (non-hydrogen) atoms. The largest absolute Gasteiger partial charge is 0.465 e. The van der Waals surface area contributed by atoms with Crippen LogP contribution in [0.25, 0.3) is 5.69 Å². The van der Waals surface area contributed by atoms with E-state index in [1.54, 1.807) is 30.1 Å². The molecule has 5 aliphatic carbocycles. The normalized spacial score (nSPS) is 31.6. The van der Waals surface area contributed by atoms with Crippen LogP contribution in [0.5, 0.6) is 0 Å². The van der Waals surface area contributed by atoms with Gasteiger partial charge in [-0.05, 0) is 87.0 Å². The van der Waals surface area contributed by atoms with Crippen LogP contribution in [0.15, 0.2) is 35.5 Å². The molecular weight excluding hydrogens is 462 g/mol. The molecule has 2 aromatic rings. The molecule has 0 radical (unpaired) electrons. The molecule has 5 aliphatic rings. The molecular formula is C27H33N3O4S. The highest BCUT2D eigenvalue weighted by molar-refractivity contribution is 8.00. The second-order valence-electron chi connectivity index (χ2n) is 11.0. The number of nitrogens with zero attached hydrogens (tertiary/aromatic N) is 2. The number of hydrogen-bond acceptors (Lipinski definition) is 6. The van der Waals surface area contributed by atoms with E-state index in [-0.39, 0.29) is 17.9 Å². The molecule has 7 nitrogen and oxygen atoms in total. The molecule has 1 aromatic heterocycles. The average Bonchev–Trinajstić information content (AvgIpc) is 3.50. The third-order valence-electron chi connectivity index (χ3n) is 8.62. The zero-order valence-corrected chi connectivity index (χ0v) is 20.9. The maximum absolute atomic E-state index is 13.6. The molecule has 2 unspecified atom stereocenters. The third-order valence-corrected chi connectivity index (χ3v) is 10.0. The van der Waals surface area contributed by atoms with E-state index in [9.17, 15) is 14.7 Å². The van der Waals surface area contributed by atoms with Crippen LogP contribution in [-0.4, -0.2) is 50.8 Å². The number of nitrogens with one attached hydrogen (secondary N) is 1. The van der Waals surface area contributed by atoms with Crippen LogP contribution in [-0.2, 0) is 4.74 Å². The van der Waals surface area contributed by atoms with E-state index in [0.717, 1.165) is 55.7 Å². The lowest BCUT2D eigenvalue weighted by Gasteiger charge is -2.58. The molecule has 186 valence electrons. The summed E-state index contributed by atoms with van der Waals surface area (Å²) >= 11 is 1.75. The van der Waals surface area contributed by atoms with Crippen LogP contribution in [0.2, 0.25) is 0 Å². The number of hydrogen-bond donors (Lipinski definition) is 2. The Morgan fingerprint density at radius 3 is 2.43 bits per heavy atom. The summed E-state index contributed by atoms with van der Waals surface area (Å²) in [5, 5.41) is 20.3. The molecule has 5 saturated carbocycles. The topological polar surface area (TPSA) is 93.5 Å². The van der Waals surface area contributed by atoms with Gasteiger partial charge in [0.25, 0.3) is 5.91 Å². The number of carbonyl (C=O) groups is 2. The molecule has 0 spiro atoms. The molecule has 5 fully saturated rings. The van der Waals surface area contributed by atoms with E-state index < -0.39 is 5.60 Å². The van der Waals surface area contributed by atoms with Gasteiger partial charge in [-0.3, -0.25) is 4.79 Å². The summed E-state index contributed by atoms with van der Waals surface area (Å²) in [6.07, 6.45) is 11.2. The maximum Gasteiger partial charge on any atom is 0.337 e. The number of thioether (sulfide) groups is 1. The van der Waals surface area contributed by atoms with Gasteiger partial charge in [-0.25, -0.2) is 9.48 Å². The predicted octanol–water partition coefficient (Wildman–Crippen LogP) is 4.36. The van der Waals surface area contributed by atoms with E-state index in [1.807, 2.05) is 16.8 Å². The highest BCUT2D eigenvalue weighted by atomic mass is 32.2. The lowest BCUT2D eigenvalue weighted by Crippen LogP contribution is -2.61. The fraction of sp³-hybridized carbons (Fsp3) is 0.593. The molecule has 2 atom stereocenters. The van der Waals surface area contributed by atoms with Crippen LogP contribution in [0.1, 0.15) is 78.5 Å². The summed E-state index contributed by atoms with van der Waals surface area (Å²) in [6, 6.07) is 7.28. The molecule has 1 amide bonds. The average molecular weight is 496 g/mol. The van der Waals surface area contributed by atoms with Crippen molar-refractivity contribution in [3.05, 3.63) is 41.6 Å². The zero-order valence-electron chi connectivity index (χ0n) is 20.1. The van der Waals surface area contributed by atoms with E-state index >= 15 is 0 Å². The van der Waals surface area contributed by atoms with E-state index in [2.05, 4.69) is 10.4 Å². The van der Waals surface area contributed by atoms with Crippen molar-refractivity contribution in [1.29, 1.82) is 0 Å². The molecule has 1 aromatic carbocycles. The van der Waals surface area contributed by atoms with Crippen molar-refractivity contribution in [2.75, 3.05) is 7.11 Å². The number of esters is 1. The number of aromatic nitrogens is 2. The first-order valence-corrected chi connectivity index (χ1v) is 13.8. The number of carbonyl (C=O) groups excluding carboxylic acids is 2. The Balaban J connectivity index is 1.27. The molecule has 0 saturated heterocycles. The minimum absolute atomic E-state index is 0.0626. The summed E-state index contributed by atoms with van der Waals surface area (Å²) < 4.78 is 6.65. The highest BCUT2D eigenvalue weighted by Crippen LogP contribution is 2.55. The van der Waals surface area contributed by atoms with Gasteiger partial charge < -0.3 is 15.2 Å². The Bertz CT molecular complexity index is 1110. The molecule has 8 heteroatoms. The molecule has 2 N–H and O–H groups in total. The van der Waals surface area contributed by atoms with Crippen molar-refractivity contribution in [2.45, 2.75) is 79.7 Å². The van der Waals surface area contributed by atoms with E-state index in [4.69, 9.17) is 4.74 Å². The van der Waals surface area contributed by atoms with Crippen molar-refractivity contribution < 1.29 is 19.4 Å². The summed E-state index contributed by atoms with van der Waals surface area (Å²) in [6.45, 7) is 0. The van der Waals surface area contributed by atoms with E-state index in [1.165, 1.54) is 20.0 Å². The van der Waals surface area contributed by atoms with Crippen LogP contribution in [0, 0.1) is 17.8 Å². The monoisotopic (exact) mass is 495 g/mol. The van der Waals surface area contributed by atoms with Gasteiger partial charge in [-0.1, -0.05) is 12.8 Å². The van der Waals surface area contributed by atoms with Crippen LogP contribution >= 0.6 is 11.8 Å². The number of methoxy groups -OCH3 is 1. The lowest BCUT2D eigenvalue weighted by atomic mass is 9.52. The van der Waals surface area contributed by atoms with Crippen LogP contribution in [0.4, 0.5) is 0 Å². The van der Waals surface area contributed by atoms with Gasteiger partial charge in [-0.15, -0.1) is 11.8 Å². The van der Waals surface area contributed by atoms with Gasteiger partial charge >= 0.3 is 5.97 Å². The number of benzene rings is 1. The Hall–Kier alpha value is -2.32. The maximum atomic E-state index is 13.6. The molecule has 7 rings (SSSR count). The Labute approximate surface area is 210 Å². The third kappa shape index (κ3) is 4.29. The van der Waals surface area contributed by atoms with Crippen molar-refractivity contribution in [3.8, 4) is 5.69 Å². The fourth-order valence-corrected chi connectivity index (χ4v) is 8.67. The minimum Gasteiger partial charge on any atom is -0.465 e. The van der Waals surface area contributed by atoms with Gasteiger partial charge in [-0.2, -0.15) is 5.10 Å². The summed E-state index contributed by atoms with van der Waals surface area (Å²) in [4.78, 5) is 25.5. The standard InChI is InChI=1S/C27H33N3O4S/c1-34-26(32)17-6-8-20(9-7-17)30-25(35-21-4-2-3-5-21)22(15-28-30)24(31)29-23-18-10-16-11-19(23)14-27(33,12-16)13-18/h6-9,15-16,18-19,21,23,33H,2-5,10-14H2,1H3,(H,29,31)/t16?,18?,19?,23-,27+. The molecule has 4 bridgehead atoms. The fourth-order valence-electron chi connectivity index (χ4n) is 7.26. The summed E-state index contributed by atoms with van der Waals surface area (Å²) in [5.41, 5.74) is 1.40. The lowest BCUT2D eigenvalue weighted by molar-refractivity contribution is -0.136. The number of amides is 1. The van der Waals surface area contributed by atoms with Gasteiger partial charge in [0.05, 0.1) is 35.7 Å². The van der Waals surface area contributed by atoms with Gasteiger partial charge in [0, 0.05) is 11.3 Å². The Morgan fingerprint density at radius 1 is 1.11 bits per heavy atom. The summed E-state index contributed by atoms with van der Waals surface area (Å²) in [7, 11) is 1.37. The van der Waals surface area contributed by atoms with Crippen molar-refractivity contribution >= 4 is 23.6 Å². The SMILES string of the molecule is COC(=O)c1ccc(-n2ncc(C(=O)N[C@H]3C4CC5CC3C[C@@](O)(C5)C4)c2SC2CCCC2)cc1. The number of rotatable bonds is 6. The summed E-state index contributed by atoms with van der Waals surface area (Å²) in [5.74, 6) is 0.893. The smallest absolute Gasteiger partial charge is 0.337 e. The highest BCUT2D eigenvalue weighted by Gasteiger charge is 2.55. The molecule has 0 aliphatic heterocycles. The second-order valence-corrected chi connectivity index (χ2v) is 12.3. The van der Waals surface area contributed by atoms with Crippen molar-refractivity contribution in [2.24, 2.45) is 17.8 Å². The van der Waals surface area contributed by atoms with Gasteiger partial charge in [0.15, 0.2) is 0 Å². The van der Waals surface area contributed by atoms with Crippen LogP contribution in [0.3, 0.4) is 0 Å². The Kier molecular flexibility index (Phi) is 5.92. The predicted molar refractivity (Wildman–Crippen MR) is 133 cm³/mol. The second kappa shape index (κ2) is 8.96. The first-order valence-electron chi connectivity index (χ1n) is 12.9. The first kappa shape index (κ1) is 23.1. The van der Waals surface area contributed by atoms with Crippen molar-refractivity contribution in [3.63, 3.8) is 0 Å². The zero-order chi connectivity index (χ0) is 24.2. The van der Waals surface area contributed by atoms with Crippen molar-refractivity contribution in [1.82, 2.24) is 15.1 Å². The van der Waals surface area contributed by atoms with Crippen LogP contribution < -0.4 is 5.32 Å². The number of ether oxygens (including phenoxy) is 1. The minimum atomic E-state index is -0.511.